The molecule has 0 aliphatic carbocycles. The summed E-state index contributed by atoms with van der Waals surface area (Å²) in [5.74, 6) is 0.133. The Labute approximate surface area is 152 Å². The second-order valence-electron chi connectivity index (χ2n) is 6.55. The monoisotopic (exact) mass is 350 g/mol. The smallest absolute Gasteiger partial charge is 0.253 e. The van der Waals surface area contributed by atoms with E-state index in [1.807, 2.05) is 35.2 Å². The zero-order valence-corrected chi connectivity index (χ0v) is 14.9. The van der Waals surface area contributed by atoms with E-state index < -0.39 is 0 Å². The number of nitrogens with one attached hydrogen (secondary N) is 1. The van der Waals surface area contributed by atoms with Crippen molar-refractivity contribution in [1.82, 2.24) is 24.7 Å². The molecule has 0 saturated carbocycles. The van der Waals surface area contributed by atoms with Crippen molar-refractivity contribution in [3.63, 3.8) is 0 Å². The molecule has 2 aromatic heterocycles. The van der Waals surface area contributed by atoms with Gasteiger partial charge in [-0.25, -0.2) is 0 Å². The molecule has 3 aromatic rings. The Morgan fingerprint density at radius 1 is 1.19 bits per heavy atom. The number of anilines is 1. The standard InChI is InChI=1S/C19H22N6O/c1-2-16-11-17(18-22-21-13-25(18)23-16)20-12-14-5-7-15(8-6-14)19(26)24-9-3-4-10-24/h5-8,11,13,20H,2-4,9-10,12H2,1H3. The van der Waals surface area contributed by atoms with Crippen LogP contribution >= 0.6 is 0 Å². The summed E-state index contributed by atoms with van der Waals surface area (Å²) in [5.41, 5.74) is 4.46. The van der Waals surface area contributed by atoms with Crippen molar-refractivity contribution < 1.29 is 4.79 Å². The molecule has 0 unspecified atom stereocenters. The molecule has 0 atom stereocenters. The van der Waals surface area contributed by atoms with Crippen LogP contribution in [0.2, 0.25) is 0 Å². The number of likely N-dealkylation sites (tertiary alicyclic amines) is 1. The van der Waals surface area contributed by atoms with E-state index in [4.69, 9.17) is 0 Å². The van der Waals surface area contributed by atoms with Crippen LogP contribution in [0.5, 0.6) is 0 Å². The van der Waals surface area contributed by atoms with Gasteiger partial charge in [-0.05, 0) is 43.0 Å². The van der Waals surface area contributed by atoms with E-state index >= 15 is 0 Å². The van der Waals surface area contributed by atoms with Crippen LogP contribution in [0.3, 0.4) is 0 Å². The van der Waals surface area contributed by atoms with Gasteiger partial charge in [0.15, 0.2) is 0 Å². The van der Waals surface area contributed by atoms with E-state index in [2.05, 4.69) is 27.5 Å². The molecule has 1 saturated heterocycles. The molecular weight excluding hydrogens is 328 g/mol. The van der Waals surface area contributed by atoms with E-state index in [0.29, 0.717) is 12.2 Å². The summed E-state index contributed by atoms with van der Waals surface area (Å²) in [6.07, 6.45) is 4.67. The fraction of sp³-hybridized carbons (Fsp3) is 0.368. The van der Waals surface area contributed by atoms with Gasteiger partial charge in [-0.3, -0.25) is 4.79 Å². The molecule has 1 amide bonds. The van der Waals surface area contributed by atoms with Crippen LogP contribution in [0, 0.1) is 0 Å². The quantitative estimate of drug-likeness (QED) is 0.765. The molecule has 1 aliphatic heterocycles. The van der Waals surface area contributed by atoms with Gasteiger partial charge in [-0.15, -0.1) is 10.2 Å². The average Bonchev–Trinajstić information content (AvgIpc) is 3.37. The lowest BCUT2D eigenvalue weighted by atomic mass is 10.1. The molecule has 0 bridgehead atoms. The Bertz CT molecular complexity index is 911. The van der Waals surface area contributed by atoms with Gasteiger partial charge < -0.3 is 10.2 Å². The number of rotatable bonds is 5. The first-order chi connectivity index (χ1) is 12.7. The first kappa shape index (κ1) is 16.5. The lowest BCUT2D eigenvalue weighted by Crippen LogP contribution is -2.27. The second-order valence-corrected chi connectivity index (χ2v) is 6.55. The highest BCUT2D eigenvalue weighted by Crippen LogP contribution is 2.18. The number of aromatic nitrogens is 4. The Morgan fingerprint density at radius 3 is 2.69 bits per heavy atom. The first-order valence-corrected chi connectivity index (χ1v) is 9.06. The predicted molar refractivity (Wildman–Crippen MR) is 99.1 cm³/mol. The highest BCUT2D eigenvalue weighted by molar-refractivity contribution is 5.94. The highest BCUT2D eigenvalue weighted by atomic mass is 16.2. The fourth-order valence-electron chi connectivity index (χ4n) is 3.25. The zero-order chi connectivity index (χ0) is 17.9. The van der Waals surface area contributed by atoms with Crippen molar-refractivity contribution in [3.05, 3.63) is 53.5 Å². The fourth-order valence-corrected chi connectivity index (χ4v) is 3.25. The normalized spacial score (nSPS) is 14.1. The number of nitrogens with zero attached hydrogens (tertiary/aromatic N) is 5. The molecule has 1 N–H and O–H groups in total. The summed E-state index contributed by atoms with van der Waals surface area (Å²) in [6, 6.07) is 9.83. The van der Waals surface area contributed by atoms with Crippen LogP contribution in [-0.4, -0.2) is 43.7 Å². The van der Waals surface area contributed by atoms with Gasteiger partial charge >= 0.3 is 0 Å². The van der Waals surface area contributed by atoms with Crippen molar-refractivity contribution in [1.29, 1.82) is 0 Å². The zero-order valence-electron chi connectivity index (χ0n) is 14.9. The molecule has 134 valence electrons. The maximum atomic E-state index is 12.4. The molecule has 0 spiro atoms. The first-order valence-electron chi connectivity index (χ1n) is 9.06. The minimum absolute atomic E-state index is 0.133. The summed E-state index contributed by atoms with van der Waals surface area (Å²) in [6.45, 7) is 4.46. The number of fused-ring (bicyclic) bond motifs is 1. The van der Waals surface area contributed by atoms with E-state index in [1.54, 1.807) is 10.8 Å². The number of aryl methyl sites for hydroxylation is 1. The van der Waals surface area contributed by atoms with Gasteiger partial charge in [0.1, 0.15) is 6.33 Å². The largest absolute Gasteiger partial charge is 0.378 e. The van der Waals surface area contributed by atoms with Crippen molar-refractivity contribution in [2.24, 2.45) is 0 Å². The van der Waals surface area contributed by atoms with Crippen molar-refractivity contribution in [3.8, 4) is 0 Å². The van der Waals surface area contributed by atoms with Crippen LogP contribution in [0.15, 0.2) is 36.7 Å². The van der Waals surface area contributed by atoms with Crippen LogP contribution in [0.25, 0.3) is 5.65 Å². The van der Waals surface area contributed by atoms with Crippen molar-refractivity contribution in [2.75, 3.05) is 18.4 Å². The Morgan fingerprint density at radius 2 is 1.96 bits per heavy atom. The van der Waals surface area contributed by atoms with Gasteiger partial charge in [0.05, 0.1) is 11.4 Å². The number of hydrogen-bond donors (Lipinski definition) is 1. The number of amides is 1. The minimum atomic E-state index is 0.133. The molecule has 3 heterocycles. The van der Waals surface area contributed by atoms with Crippen LogP contribution in [0.4, 0.5) is 5.69 Å². The summed E-state index contributed by atoms with van der Waals surface area (Å²) < 4.78 is 1.69. The summed E-state index contributed by atoms with van der Waals surface area (Å²) in [4.78, 5) is 14.3. The molecular formula is C19H22N6O. The molecule has 0 radical (unpaired) electrons. The Hall–Kier alpha value is -2.96. The molecule has 1 fully saturated rings. The lowest BCUT2D eigenvalue weighted by molar-refractivity contribution is 0.0793. The van der Waals surface area contributed by atoms with E-state index in [1.165, 1.54) is 0 Å². The summed E-state index contributed by atoms with van der Waals surface area (Å²) >= 11 is 0. The summed E-state index contributed by atoms with van der Waals surface area (Å²) in [5, 5.41) is 15.9. The maximum absolute atomic E-state index is 12.4. The maximum Gasteiger partial charge on any atom is 0.253 e. The molecule has 1 aromatic carbocycles. The van der Waals surface area contributed by atoms with Crippen LogP contribution in [0.1, 0.15) is 41.4 Å². The Kier molecular flexibility index (Phi) is 4.51. The van der Waals surface area contributed by atoms with E-state index in [9.17, 15) is 4.79 Å². The van der Waals surface area contributed by atoms with E-state index in [0.717, 1.165) is 54.9 Å². The van der Waals surface area contributed by atoms with Crippen molar-refractivity contribution in [2.45, 2.75) is 32.7 Å². The van der Waals surface area contributed by atoms with Crippen LogP contribution < -0.4 is 5.32 Å². The number of carbonyl (C=O) groups is 1. The third kappa shape index (κ3) is 3.24. The molecule has 26 heavy (non-hydrogen) atoms. The minimum Gasteiger partial charge on any atom is -0.378 e. The van der Waals surface area contributed by atoms with Crippen molar-refractivity contribution >= 4 is 17.2 Å². The molecule has 1 aliphatic rings. The number of hydrogen-bond acceptors (Lipinski definition) is 5. The van der Waals surface area contributed by atoms with Crippen LogP contribution in [-0.2, 0) is 13.0 Å². The van der Waals surface area contributed by atoms with E-state index in [-0.39, 0.29) is 5.91 Å². The average molecular weight is 350 g/mol. The third-order valence-corrected chi connectivity index (χ3v) is 4.76. The number of benzene rings is 1. The third-order valence-electron chi connectivity index (χ3n) is 4.76. The molecule has 7 heteroatoms. The summed E-state index contributed by atoms with van der Waals surface area (Å²) in [7, 11) is 0. The van der Waals surface area contributed by atoms with Gasteiger partial charge in [0.2, 0.25) is 5.65 Å². The lowest BCUT2D eigenvalue weighted by Gasteiger charge is -2.15. The van der Waals surface area contributed by atoms with Gasteiger partial charge in [-0.1, -0.05) is 19.1 Å². The van der Waals surface area contributed by atoms with Gasteiger partial charge in [-0.2, -0.15) is 9.61 Å². The Balaban J connectivity index is 1.46. The van der Waals surface area contributed by atoms with Gasteiger partial charge in [0, 0.05) is 25.2 Å². The predicted octanol–water partition coefficient (Wildman–Crippen LogP) is 2.53. The molecule has 7 nitrogen and oxygen atoms in total. The highest BCUT2D eigenvalue weighted by Gasteiger charge is 2.19. The van der Waals surface area contributed by atoms with Gasteiger partial charge in [0.25, 0.3) is 5.91 Å². The molecule has 4 rings (SSSR count). The SMILES string of the molecule is CCc1cc(NCc2ccc(C(=O)N3CCCC3)cc2)c2nncn2n1. The number of carbonyl (C=O) groups excluding carboxylic acids is 1. The second kappa shape index (κ2) is 7.11. The topological polar surface area (TPSA) is 75.4 Å².